The normalized spacial score (nSPS) is 11.0. The number of fused-ring (bicyclic) bond motifs is 1. The van der Waals surface area contributed by atoms with E-state index in [1.165, 1.54) is 0 Å². The van der Waals surface area contributed by atoms with E-state index in [0.29, 0.717) is 5.75 Å². The fourth-order valence-corrected chi connectivity index (χ4v) is 3.59. The number of nitrogens with zero attached hydrogens (tertiary/aromatic N) is 5. The topological polar surface area (TPSA) is 65.7 Å². The van der Waals surface area contributed by atoms with Crippen LogP contribution in [-0.4, -0.2) is 31.8 Å². The number of benzene rings is 2. The molecule has 2 heterocycles. The summed E-state index contributed by atoms with van der Waals surface area (Å²) in [5, 5.41) is 9.09. The third kappa shape index (κ3) is 3.25. The summed E-state index contributed by atoms with van der Waals surface area (Å²) in [6, 6.07) is 15.7. The highest BCUT2D eigenvalue weighted by Gasteiger charge is 2.11. The van der Waals surface area contributed by atoms with Gasteiger partial charge in [-0.2, -0.15) is 0 Å². The van der Waals surface area contributed by atoms with E-state index < -0.39 is 0 Å². The van der Waals surface area contributed by atoms with Crippen LogP contribution < -0.4 is 4.74 Å². The standard InChI is InChI=1S/C19H17N5OS/c1-13-18(22-17-9-4-3-8-16(17)21-13)11-26-19-23-20-12-24(19)14-6-5-7-15(10-14)25-2/h3-10,12H,11H2,1-2H3. The van der Waals surface area contributed by atoms with E-state index in [-0.39, 0.29) is 0 Å². The monoisotopic (exact) mass is 363 g/mol. The van der Waals surface area contributed by atoms with Crippen LogP contribution in [0.3, 0.4) is 0 Å². The summed E-state index contributed by atoms with van der Waals surface area (Å²) in [6.07, 6.45) is 1.70. The zero-order valence-electron chi connectivity index (χ0n) is 14.5. The Morgan fingerprint density at radius 1 is 1.04 bits per heavy atom. The average Bonchev–Trinajstić information content (AvgIpc) is 3.15. The largest absolute Gasteiger partial charge is 0.497 e. The lowest BCUT2D eigenvalue weighted by Gasteiger charge is -2.09. The lowest BCUT2D eigenvalue weighted by Crippen LogP contribution is -1.99. The number of thioether (sulfide) groups is 1. The Balaban J connectivity index is 1.59. The van der Waals surface area contributed by atoms with Gasteiger partial charge in [0.15, 0.2) is 5.16 Å². The second-order valence-electron chi connectivity index (χ2n) is 5.72. The number of para-hydroxylation sites is 2. The Labute approximate surface area is 155 Å². The van der Waals surface area contributed by atoms with Crippen LogP contribution in [0, 0.1) is 6.92 Å². The first-order chi connectivity index (χ1) is 12.7. The molecule has 4 aromatic rings. The molecular formula is C19H17N5OS. The lowest BCUT2D eigenvalue weighted by molar-refractivity contribution is 0.414. The summed E-state index contributed by atoms with van der Waals surface area (Å²) in [5.41, 5.74) is 4.66. The van der Waals surface area contributed by atoms with Gasteiger partial charge in [-0.15, -0.1) is 10.2 Å². The summed E-state index contributed by atoms with van der Waals surface area (Å²) < 4.78 is 7.24. The highest BCUT2D eigenvalue weighted by Crippen LogP contribution is 2.26. The molecule has 6 nitrogen and oxygen atoms in total. The van der Waals surface area contributed by atoms with Crippen molar-refractivity contribution in [3.05, 3.63) is 66.2 Å². The summed E-state index contributed by atoms with van der Waals surface area (Å²) >= 11 is 1.58. The van der Waals surface area contributed by atoms with Gasteiger partial charge in [-0.05, 0) is 31.2 Å². The zero-order valence-corrected chi connectivity index (χ0v) is 15.3. The maximum atomic E-state index is 5.30. The van der Waals surface area contributed by atoms with E-state index in [1.54, 1.807) is 25.2 Å². The van der Waals surface area contributed by atoms with Gasteiger partial charge >= 0.3 is 0 Å². The van der Waals surface area contributed by atoms with Gasteiger partial charge in [0.25, 0.3) is 0 Å². The molecule has 0 spiro atoms. The lowest BCUT2D eigenvalue weighted by atomic mass is 10.2. The van der Waals surface area contributed by atoms with E-state index in [1.807, 2.05) is 60.0 Å². The second-order valence-corrected chi connectivity index (χ2v) is 6.66. The summed E-state index contributed by atoms with van der Waals surface area (Å²) in [4.78, 5) is 9.39. The van der Waals surface area contributed by atoms with Crippen LogP contribution in [0.5, 0.6) is 5.75 Å². The van der Waals surface area contributed by atoms with Crippen molar-refractivity contribution in [2.45, 2.75) is 17.8 Å². The minimum atomic E-state index is 0.673. The second kappa shape index (κ2) is 7.13. The minimum Gasteiger partial charge on any atom is -0.497 e. The van der Waals surface area contributed by atoms with Gasteiger partial charge in [-0.25, -0.2) is 9.97 Å². The molecule has 0 bridgehead atoms. The molecule has 0 radical (unpaired) electrons. The summed E-state index contributed by atoms with van der Waals surface area (Å²) in [6.45, 7) is 1.99. The molecule has 26 heavy (non-hydrogen) atoms. The van der Waals surface area contributed by atoms with Gasteiger partial charge in [0.2, 0.25) is 0 Å². The Bertz CT molecular complexity index is 1060. The third-order valence-electron chi connectivity index (χ3n) is 4.03. The van der Waals surface area contributed by atoms with Crippen molar-refractivity contribution in [3.63, 3.8) is 0 Å². The Kier molecular flexibility index (Phi) is 4.53. The number of methoxy groups -OCH3 is 1. The van der Waals surface area contributed by atoms with Crippen LogP contribution in [0.15, 0.2) is 60.0 Å². The smallest absolute Gasteiger partial charge is 0.195 e. The SMILES string of the molecule is COc1cccc(-n2cnnc2SCc2nc3ccccc3nc2C)c1. The number of aromatic nitrogens is 5. The molecule has 0 saturated heterocycles. The number of hydrogen-bond donors (Lipinski definition) is 0. The molecule has 0 N–H and O–H groups in total. The predicted octanol–water partition coefficient (Wildman–Crippen LogP) is 3.82. The quantitative estimate of drug-likeness (QED) is 0.502. The predicted molar refractivity (Wildman–Crippen MR) is 102 cm³/mol. The molecule has 0 fully saturated rings. The number of aryl methyl sites for hydroxylation is 1. The van der Waals surface area contributed by atoms with Crippen molar-refractivity contribution < 1.29 is 4.74 Å². The van der Waals surface area contributed by atoms with Crippen LogP contribution >= 0.6 is 11.8 Å². The maximum Gasteiger partial charge on any atom is 0.195 e. The summed E-state index contributed by atoms with van der Waals surface area (Å²) in [5.74, 6) is 1.47. The van der Waals surface area contributed by atoms with Gasteiger partial charge in [0.05, 0.1) is 35.2 Å². The maximum absolute atomic E-state index is 5.30. The van der Waals surface area contributed by atoms with Crippen LogP contribution in [0.4, 0.5) is 0 Å². The minimum absolute atomic E-state index is 0.673. The molecule has 4 rings (SSSR count). The van der Waals surface area contributed by atoms with Gasteiger partial charge in [0, 0.05) is 11.8 Å². The van der Waals surface area contributed by atoms with Crippen molar-refractivity contribution in [1.82, 2.24) is 24.7 Å². The molecule has 0 aliphatic carbocycles. The van der Waals surface area contributed by atoms with E-state index in [2.05, 4.69) is 15.2 Å². The third-order valence-corrected chi connectivity index (χ3v) is 4.98. The molecule has 130 valence electrons. The van der Waals surface area contributed by atoms with Crippen LogP contribution in [0.2, 0.25) is 0 Å². The van der Waals surface area contributed by atoms with Crippen molar-refractivity contribution in [2.75, 3.05) is 7.11 Å². The molecule has 0 unspecified atom stereocenters. The first-order valence-corrected chi connectivity index (χ1v) is 9.12. The zero-order chi connectivity index (χ0) is 17.9. The average molecular weight is 363 g/mol. The molecular weight excluding hydrogens is 346 g/mol. The fraction of sp³-hybridized carbons (Fsp3) is 0.158. The molecule has 0 aliphatic rings. The Hall–Kier alpha value is -2.93. The molecule has 0 amide bonds. The van der Waals surface area contributed by atoms with Crippen LogP contribution in [0.1, 0.15) is 11.4 Å². The van der Waals surface area contributed by atoms with Crippen molar-refractivity contribution >= 4 is 22.8 Å². The van der Waals surface area contributed by atoms with Gasteiger partial charge in [0.1, 0.15) is 12.1 Å². The molecule has 0 saturated carbocycles. The first-order valence-electron chi connectivity index (χ1n) is 8.14. The molecule has 0 aliphatic heterocycles. The van der Waals surface area contributed by atoms with E-state index >= 15 is 0 Å². The molecule has 2 aromatic carbocycles. The Morgan fingerprint density at radius 3 is 2.65 bits per heavy atom. The molecule has 7 heteroatoms. The number of rotatable bonds is 5. The number of ether oxygens (including phenoxy) is 1. The van der Waals surface area contributed by atoms with E-state index in [9.17, 15) is 0 Å². The Morgan fingerprint density at radius 2 is 1.85 bits per heavy atom. The molecule has 0 atom stereocenters. The van der Waals surface area contributed by atoms with Crippen molar-refractivity contribution in [1.29, 1.82) is 0 Å². The van der Waals surface area contributed by atoms with Crippen molar-refractivity contribution in [3.8, 4) is 11.4 Å². The van der Waals surface area contributed by atoms with Crippen molar-refractivity contribution in [2.24, 2.45) is 0 Å². The first kappa shape index (κ1) is 16.5. The number of hydrogen-bond acceptors (Lipinski definition) is 6. The van der Waals surface area contributed by atoms with Gasteiger partial charge < -0.3 is 4.74 Å². The van der Waals surface area contributed by atoms with Gasteiger partial charge in [-0.1, -0.05) is 30.0 Å². The fourth-order valence-electron chi connectivity index (χ4n) is 2.65. The van der Waals surface area contributed by atoms with E-state index in [0.717, 1.165) is 39.0 Å². The van der Waals surface area contributed by atoms with Crippen LogP contribution in [-0.2, 0) is 5.75 Å². The van der Waals surface area contributed by atoms with Gasteiger partial charge in [-0.3, -0.25) is 4.57 Å². The highest BCUT2D eigenvalue weighted by atomic mass is 32.2. The van der Waals surface area contributed by atoms with Crippen LogP contribution in [0.25, 0.3) is 16.7 Å². The highest BCUT2D eigenvalue weighted by molar-refractivity contribution is 7.98. The van der Waals surface area contributed by atoms with E-state index in [4.69, 9.17) is 9.72 Å². The molecule has 2 aromatic heterocycles. The summed E-state index contributed by atoms with van der Waals surface area (Å²) in [7, 11) is 1.65.